The first-order valence-electron chi connectivity index (χ1n) is 13.2. The Morgan fingerprint density at radius 3 is 2.46 bits per heavy atom. The molecule has 11 heteroatoms. The minimum atomic E-state index is -3.93. The third-order valence-electron chi connectivity index (χ3n) is 6.63. The maximum absolute atomic E-state index is 13.5. The number of benzene rings is 2. The van der Waals surface area contributed by atoms with Crippen molar-refractivity contribution in [1.29, 1.82) is 0 Å². The zero-order valence-corrected chi connectivity index (χ0v) is 23.7. The number of aliphatic hydroxyl groups excluding tert-OH is 1. The molecule has 0 unspecified atom stereocenters. The third-order valence-corrected chi connectivity index (χ3v) is 8.48. The average Bonchev–Trinajstić information content (AvgIpc) is 3.33. The van der Waals surface area contributed by atoms with Crippen molar-refractivity contribution in [2.45, 2.75) is 49.8 Å². The van der Waals surface area contributed by atoms with E-state index in [0.29, 0.717) is 25.3 Å². The van der Waals surface area contributed by atoms with Crippen molar-refractivity contribution >= 4 is 21.8 Å². The van der Waals surface area contributed by atoms with E-state index < -0.39 is 34.4 Å². The fourth-order valence-electron chi connectivity index (χ4n) is 4.52. The predicted molar refractivity (Wildman–Crippen MR) is 149 cm³/mol. The highest BCUT2D eigenvalue weighted by Gasteiger charge is 2.34. The number of nitrogens with one attached hydrogen (secondary N) is 1. The van der Waals surface area contributed by atoms with Crippen molar-refractivity contribution < 1.29 is 32.5 Å². The predicted octanol–water partition coefficient (Wildman–Crippen LogP) is 2.67. The molecule has 1 aliphatic heterocycles. The SMILES string of the molecule is COCC[C@@H]1COC[C@@H]1OC(=O)N[C@@H](Cc1ccccc1)[C@H](O)CN(CC(C)C)S(=O)(=O)c1ccc(N)cc1. The number of rotatable bonds is 14. The largest absolute Gasteiger partial charge is 0.443 e. The van der Waals surface area contributed by atoms with Gasteiger partial charge in [-0.25, -0.2) is 13.2 Å². The molecule has 0 saturated carbocycles. The lowest BCUT2D eigenvalue weighted by molar-refractivity contribution is 0.0510. The number of carbonyl (C=O) groups is 1. The average molecular weight is 564 g/mol. The lowest BCUT2D eigenvalue weighted by Crippen LogP contribution is -2.51. The fraction of sp³-hybridized carbons (Fsp3) is 0.536. The van der Waals surface area contributed by atoms with E-state index in [4.69, 9.17) is 19.9 Å². The van der Waals surface area contributed by atoms with Crippen LogP contribution >= 0.6 is 0 Å². The fourth-order valence-corrected chi connectivity index (χ4v) is 6.15. The summed E-state index contributed by atoms with van der Waals surface area (Å²) in [6, 6.07) is 14.5. The summed E-state index contributed by atoms with van der Waals surface area (Å²) >= 11 is 0. The van der Waals surface area contributed by atoms with Crippen molar-refractivity contribution in [2.24, 2.45) is 11.8 Å². The number of nitrogens with two attached hydrogens (primary N) is 1. The highest BCUT2D eigenvalue weighted by Crippen LogP contribution is 2.22. The topological polar surface area (TPSA) is 140 Å². The summed E-state index contributed by atoms with van der Waals surface area (Å²) in [6.45, 7) is 5.06. The van der Waals surface area contributed by atoms with Gasteiger partial charge in [-0.2, -0.15) is 4.31 Å². The van der Waals surface area contributed by atoms with Crippen molar-refractivity contribution in [3.8, 4) is 0 Å². The molecular formula is C28H41N3O7S. The number of hydrogen-bond donors (Lipinski definition) is 3. The van der Waals surface area contributed by atoms with Crippen LogP contribution < -0.4 is 11.1 Å². The summed E-state index contributed by atoms with van der Waals surface area (Å²) in [5, 5.41) is 14.1. The second-order valence-corrected chi connectivity index (χ2v) is 12.3. The van der Waals surface area contributed by atoms with Crippen LogP contribution in [0.15, 0.2) is 59.5 Å². The molecule has 1 amide bonds. The second kappa shape index (κ2) is 14.6. The first kappa shape index (κ1) is 30.8. The highest BCUT2D eigenvalue weighted by atomic mass is 32.2. The molecule has 0 bridgehead atoms. The van der Waals surface area contributed by atoms with Gasteiger partial charge in [0.1, 0.15) is 6.10 Å². The van der Waals surface area contributed by atoms with Crippen LogP contribution in [-0.4, -0.2) is 82.2 Å². The van der Waals surface area contributed by atoms with Crippen molar-refractivity contribution in [3.05, 3.63) is 60.2 Å². The van der Waals surface area contributed by atoms with Gasteiger partial charge in [0.25, 0.3) is 0 Å². The number of aliphatic hydroxyl groups is 1. The van der Waals surface area contributed by atoms with E-state index in [9.17, 15) is 18.3 Å². The van der Waals surface area contributed by atoms with Crippen LogP contribution in [0, 0.1) is 11.8 Å². The summed E-state index contributed by atoms with van der Waals surface area (Å²) in [4.78, 5) is 13.0. The molecule has 216 valence electrons. The van der Waals surface area contributed by atoms with Crippen LogP contribution in [0.4, 0.5) is 10.5 Å². The summed E-state index contributed by atoms with van der Waals surface area (Å²) < 4.78 is 44.6. The van der Waals surface area contributed by atoms with Crippen LogP contribution in [-0.2, 0) is 30.7 Å². The van der Waals surface area contributed by atoms with Gasteiger partial charge in [-0.3, -0.25) is 0 Å². The van der Waals surface area contributed by atoms with E-state index in [1.54, 1.807) is 7.11 Å². The monoisotopic (exact) mass is 563 g/mol. The third kappa shape index (κ3) is 9.18. The number of anilines is 1. The first-order valence-corrected chi connectivity index (χ1v) is 14.7. The molecule has 0 aliphatic carbocycles. The van der Waals surface area contributed by atoms with Gasteiger partial charge in [-0.1, -0.05) is 44.2 Å². The number of methoxy groups -OCH3 is 1. The van der Waals surface area contributed by atoms with Gasteiger partial charge in [0.15, 0.2) is 0 Å². The number of hydrogen-bond acceptors (Lipinski definition) is 8. The summed E-state index contributed by atoms with van der Waals surface area (Å²) in [5.74, 6) is 0.0115. The smallest absolute Gasteiger partial charge is 0.407 e. The molecule has 1 heterocycles. The minimum absolute atomic E-state index is 0.00217. The van der Waals surface area contributed by atoms with Crippen molar-refractivity contribution in [3.63, 3.8) is 0 Å². The number of alkyl carbamates (subject to hydrolysis) is 1. The van der Waals surface area contributed by atoms with Crippen LogP contribution in [0.2, 0.25) is 0 Å². The van der Waals surface area contributed by atoms with E-state index in [1.165, 1.54) is 28.6 Å². The zero-order valence-electron chi connectivity index (χ0n) is 22.9. The van der Waals surface area contributed by atoms with E-state index in [0.717, 1.165) is 5.56 Å². The number of nitrogens with zero attached hydrogens (tertiary/aromatic N) is 1. The highest BCUT2D eigenvalue weighted by molar-refractivity contribution is 7.89. The minimum Gasteiger partial charge on any atom is -0.443 e. The molecule has 0 radical (unpaired) electrons. The van der Waals surface area contributed by atoms with Crippen LogP contribution in [0.25, 0.3) is 0 Å². The standard InChI is InChI=1S/C28H41N3O7S/c1-20(2)16-31(39(34,35)24-11-9-23(29)10-12-24)17-26(32)25(15-21-7-5-4-6-8-21)30-28(33)38-27-19-37-18-22(27)13-14-36-3/h4-12,20,22,25-27,32H,13-19,29H2,1-3H3,(H,30,33)/t22-,25+,26-,27+/m1/s1. The Hall–Kier alpha value is -2.70. The molecule has 39 heavy (non-hydrogen) atoms. The Morgan fingerprint density at radius 2 is 1.82 bits per heavy atom. The van der Waals surface area contributed by atoms with Gasteiger partial charge in [0.05, 0.1) is 30.3 Å². The molecule has 4 atom stereocenters. The van der Waals surface area contributed by atoms with E-state index in [2.05, 4.69) is 5.32 Å². The summed E-state index contributed by atoms with van der Waals surface area (Å²) in [6.07, 6.45) is -1.37. The number of carbonyl (C=O) groups excluding carboxylic acids is 1. The van der Waals surface area contributed by atoms with Crippen molar-refractivity contribution in [2.75, 3.05) is 45.8 Å². The Morgan fingerprint density at radius 1 is 1.13 bits per heavy atom. The molecule has 2 aromatic rings. The molecule has 4 N–H and O–H groups in total. The number of nitrogen functional groups attached to an aromatic ring is 1. The quantitative estimate of drug-likeness (QED) is 0.298. The lowest BCUT2D eigenvalue weighted by Gasteiger charge is -2.31. The first-order chi connectivity index (χ1) is 18.6. The molecular weight excluding hydrogens is 522 g/mol. The van der Waals surface area contributed by atoms with E-state index >= 15 is 0 Å². The van der Waals surface area contributed by atoms with Crippen molar-refractivity contribution in [1.82, 2.24) is 9.62 Å². The molecule has 0 aromatic heterocycles. The molecule has 1 fully saturated rings. The van der Waals surface area contributed by atoms with E-state index in [-0.39, 0.29) is 42.8 Å². The van der Waals surface area contributed by atoms with Crippen LogP contribution in [0.1, 0.15) is 25.8 Å². The van der Waals surface area contributed by atoms with Gasteiger partial charge in [-0.15, -0.1) is 0 Å². The van der Waals surface area contributed by atoms with Gasteiger partial charge < -0.3 is 30.4 Å². The van der Waals surface area contributed by atoms with Crippen LogP contribution in [0.3, 0.4) is 0 Å². The van der Waals surface area contributed by atoms with Gasteiger partial charge in [-0.05, 0) is 48.6 Å². The number of amides is 1. The number of sulfonamides is 1. The Bertz CT molecular complexity index is 1130. The molecule has 1 saturated heterocycles. The van der Waals surface area contributed by atoms with Gasteiger partial charge in [0.2, 0.25) is 10.0 Å². The molecule has 1 aliphatic rings. The molecule has 3 rings (SSSR count). The normalized spacial score (nSPS) is 19.2. The Balaban J connectivity index is 1.78. The Kier molecular flexibility index (Phi) is 11.6. The second-order valence-electron chi connectivity index (χ2n) is 10.3. The summed E-state index contributed by atoms with van der Waals surface area (Å²) in [7, 11) is -2.32. The lowest BCUT2D eigenvalue weighted by atomic mass is 10.0. The summed E-state index contributed by atoms with van der Waals surface area (Å²) in [5.41, 5.74) is 7.07. The Labute approximate surface area is 231 Å². The van der Waals surface area contributed by atoms with Gasteiger partial charge in [0, 0.05) is 38.4 Å². The zero-order chi connectivity index (χ0) is 28.4. The maximum Gasteiger partial charge on any atom is 0.407 e. The molecule has 0 spiro atoms. The maximum atomic E-state index is 13.5. The number of ether oxygens (including phenoxy) is 3. The van der Waals surface area contributed by atoms with Gasteiger partial charge >= 0.3 is 6.09 Å². The van der Waals surface area contributed by atoms with Crippen LogP contribution in [0.5, 0.6) is 0 Å². The van der Waals surface area contributed by atoms with E-state index in [1.807, 2.05) is 44.2 Å². The molecule has 2 aromatic carbocycles. The molecule has 10 nitrogen and oxygen atoms in total.